The predicted octanol–water partition coefficient (Wildman–Crippen LogP) is -0.000300. The molecule has 0 radical (unpaired) electrons. The van der Waals surface area contributed by atoms with Gasteiger partial charge in [-0.15, -0.1) is 0 Å². The van der Waals surface area contributed by atoms with Gasteiger partial charge in [-0.2, -0.15) is 0 Å². The van der Waals surface area contributed by atoms with Gasteiger partial charge in [0.2, 0.25) is 11.8 Å². The number of amides is 2. The lowest BCUT2D eigenvalue weighted by Gasteiger charge is -2.35. The molecule has 7 nitrogen and oxygen atoms in total. The highest BCUT2D eigenvalue weighted by Crippen LogP contribution is 2.19. The molecule has 3 rings (SSSR count). The highest BCUT2D eigenvalue weighted by molar-refractivity contribution is 5.89. The van der Waals surface area contributed by atoms with Crippen LogP contribution in [-0.4, -0.2) is 65.3 Å². The van der Waals surface area contributed by atoms with Gasteiger partial charge in [0, 0.05) is 19.6 Å². The van der Waals surface area contributed by atoms with Crippen molar-refractivity contribution in [3.63, 3.8) is 0 Å². The fraction of sp³-hybridized carbons (Fsp3) is 0.400. The molecule has 2 amide bonds. The zero-order chi connectivity index (χ0) is 19.2. The molecule has 1 aliphatic rings. The van der Waals surface area contributed by atoms with Crippen LogP contribution in [0.5, 0.6) is 0 Å². The molecule has 0 spiro atoms. The Kier molecular flexibility index (Phi) is 6.39. The average Bonchev–Trinajstić information content (AvgIpc) is 2.68. The molecule has 0 unspecified atom stereocenters. The van der Waals surface area contributed by atoms with Gasteiger partial charge in [-0.3, -0.25) is 14.5 Å². The zero-order valence-electron chi connectivity index (χ0n) is 15.1. The van der Waals surface area contributed by atoms with Gasteiger partial charge in [-0.1, -0.05) is 36.4 Å². The summed E-state index contributed by atoms with van der Waals surface area (Å²) in [6, 6.07) is 13.0. The van der Waals surface area contributed by atoms with E-state index in [-0.39, 0.29) is 31.4 Å². The number of nitrogens with one attached hydrogen (secondary N) is 2. The van der Waals surface area contributed by atoms with Crippen LogP contribution < -0.4 is 10.6 Å². The van der Waals surface area contributed by atoms with Crippen molar-refractivity contribution in [2.24, 2.45) is 0 Å². The molecule has 2 aromatic rings. The largest absolute Gasteiger partial charge is 0.394 e. The Balaban J connectivity index is 1.71. The van der Waals surface area contributed by atoms with E-state index in [1.807, 2.05) is 23.1 Å². The fourth-order valence-electron chi connectivity index (χ4n) is 3.36. The highest BCUT2D eigenvalue weighted by atomic mass is 16.3. The number of carbonyl (C=O) groups excluding carboxylic acids is 2. The number of hydrogen-bond acceptors (Lipinski definition) is 5. The molecule has 7 heteroatoms. The van der Waals surface area contributed by atoms with Gasteiger partial charge in [-0.05, 0) is 22.4 Å². The summed E-state index contributed by atoms with van der Waals surface area (Å²) >= 11 is 0. The van der Waals surface area contributed by atoms with Crippen LogP contribution in [0.2, 0.25) is 0 Å². The molecule has 1 heterocycles. The van der Waals surface area contributed by atoms with Crippen LogP contribution in [0.25, 0.3) is 10.8 Å². The Bertz CT molecular complexity index is 807. The Morgan fingerprint density at radius 2 is 1.93 bits per heavy atom. The highest BCUT2D eigenvalue weighted by Gasteiger charge is 2.32. The summed E-state index contributed by atoms with van der Waals surface area (Å²) in [6.07, 6.45) is -0.0179. The summed E-state index contributed by atoms with van der Waals surface area (Å²) in [5.74, 6) is -0.546. The normalized spacial score (nSPS) is 17.9. The minimum absolute atomic E-state index is 0.0179. The molecule has 27 heavy (non-hydrogen) atoms. The maximum atomic E-state index is 12.3. The van der Waals surface area contributed by atoms with E-state index in [1.165, 1.54) is 0 Å². The van der Waals surface area contributed by atoms with Gasteiger partial charge in [0.1, 0.15) is 0 Å². The SMILES string of the molecule is O=C(C[C@@H]1C(=O)NCCN1Cc1ccc2ccccc2c1)NC(CO)CO. The van der Waals surface area contributed by atoms with E-state index >= 15 is 0 Å². The minimum atomic E-state index is -0.710. The Labute approximate surface area is 158 Å². The molecular formula is C20H25N3O4. The predicted molar refractivity (Wildman–Crippen MR) is 102 cm³/mol. The van der Waals surface area contributed by atoms with Crippen molar-refractivity contribution in [2.45, 2.75) is 25.0 Å². The molecule has 0 saturated carbocycles. The van der Waals surface area contributed by atoms with E-state index in [2.05, 4.69) is 34.9 Å². The van der Waals surface area contributed by atoms with E-state index in [1.54, 1.807) is 0 Å². The second-order valence-electron chi connectivity index (χ2n) is 6.79. The van der Waals surface area contributed by atoms with Gasteiger partial charge >= 0.3 is 0 Å². The molecule has 4 N–H and O–H groups in total. The summed E-state index contributed by atoms with van der Waals surface area (Å²) < 4.78 is 0. The van der Waals surface area contributed by atoms with E-state index in [9.17, 15) is 9.59 Å². The molecule has 2 aromatic carbocycles. The summed E-state index contributed by atoms with van der Waals surface area (Å²) in [4.78, 5) is 26.5. The van der Waals surface area contributed by atoms with Crippen LogP contribution >= 0.6 is 0 Å². The fourth-order valence-corrected chi connectivity index (χ4v) is 3.36. The van der Waals surface area contributed by atoms with Crippen LogP contribution in [0.3, 0.4) is 0 Å². The topological polar surface area (TPSA) is 102 Å². The van der Waals surface area contributed by atoms with Gasteiger partial charge in [0.05, 0.1) is 31.7 Å². The van der Waals surface area contributed by atoms with Crippen molar-refractivity contribution in [1.82, 2.24) is 15.5 Å². The maximum Gasteiger partial charge on any atom is 0.237 e. The maximum absolute atomic E-state index is 12.3. The van der Waals surface area contributed by atoms with Crippen molar-refractivity contribution in [1.29, 1.82) is 0 Å². The number of aliphatic hydroxyl groups is 2. The second-order valence-corrected chi connectivity index (χ2v) is 6.79. The quantitative estimate of drug-likeness (QED) is 0.549. The van der Waals surface area contributed by atoms with Gasteiger partial charge in [0.25, 0.3) is 0 Å². The van der Waals surface area contributed by atoms with Crippen molar-refractivity contribution in [3.8, 4) is 0 Å². The Hall–Kier alpha value is -2.48. The van der Waals surface area contributed by atoms with E-state index in [0.717, 1.165) is 16.3 Å². The number of rotatable bonds is 7. The minimum Gasteiger partial charge on any atom is -0.394 e. The summed E-state index contributed by atoms with van der Waals surface area (Å²) in [5.41, 5.74) is 1.08. The third kappa shape index (κ3) is 4.82. The third-order valence-corrected chi connectivity index (χ3v) is 4.83. The average molecular weight is 371 g/mol. The lowest BCUT2D eigenvalue weighted by Crippen LogP contribution is -2.56. The van der Waals surface area contributed by atoms with Crippen molar-refractivity contribution in [3.05, 3.63) is 48.0 Å². The molecule has 1 aliphatic heterocycles. The van der Waals surface area contributed by atoms with Crippen molar-refractivity contribution >= 4 is 22.6 Å². The molecule has 144 valence electrons. The number of fused-ring (bicyclic) bond motifs is 1. The van der Waals surface area contributed by atoms with Crippen LogP contribution in [-0.2, 0) is 16.1 Å². The molecule has 1 saturated heterocycles. The van der Waals surface area contributed by atoms with E-state index in [0.29, 0.717) is 19.6 Å². The van der Waals surface area contributed by atoms with Gasteiger partial charge < -0.3 is 20.8 Å². The first-order chi connectivity index (χ1) is 13.1. The molecule has 0 aromatic heterocycles. The Morgan fingerprint density at radius 3 is 2.67 bits per heavy atom. The zero-order valence-corrected chi connectivity index (χ0v) is 15.1. The van der Waals surface area contributed by atoms with Crippen LogP contribution in [0.1, 0.15) is 12.0 Å². The monoisotopic (exact) mass is 371 g/mol. The molecule has 0 aliphatic carbocycles. The summed E-state index contributed by atoms with van der Waals surface area (Å²) in [5, 5.41) is 25.9. The standard InChI is InChI=1S/C20H25N3O4/c24-12-17(13-25)22-19(26)10-18-20(27)21-7-8-23(18)11-14-5-6-15-3-1-2-4-16(15)9-14/h1-6,9,17-18,24-25H,7-8,10-13H2,(H,21,27)(H,22,26)/t18-/m1/s1. The van der Waals surface area contributed by atoms with Crippen LogP contribution in [0, 0.1) is 0 Å². The van der Waals surface area contributed by atoms with Crippen molar-refractivity contribution < 1.29 is 19.8 Å². The third-order valence-electron chi connectivity index (χ3n) is 4.83. The number of piperazine rings is 1. The molecule has 1 atom stereocenters. The van der Waals surface area contributed by atoms with Gasteiger partial charge in [0.15, 0.2) is 0 Å². The number of hydrogen-bond donors (Lipinski definition) is 4. The van der Waals surface area contributed by atoms with Crippen LogP contribution in [0.4, 0.5) is 0 Å². The first-order valence-corrected chi connectivity index (χ1v) is 9.11. The molecule has 1 fully saturated rings. The number of carbonyl (C=O) groups is 2. The second kappa shape index (κ2) is 8.94. The smallest absolute Gasteiger partial charge is 0.237 e. The lowest BCUT2D eigenvalue weighted by molar-refractivity contribution is -0.134. The summed E-state index contributed by atoms with van der Waals surface area (Å²) in [7, 11) is 0. The first kappa shape index (κ1) is 19.3. The van der Waals surface area contributed by atoms with Crippen molar-refractivity contribution in [2.75, 3.05) is 26.3 Å². The van der Waals surface area contributed by atoms with E-state index in [4.69, 9.17) is 10.2 Å². The Morgan fingerprint density at radius 1 is 1.19 bits per heavy atom. The molecular weight excluding hydrogens is 346 g/mol. The lowest BCUT2D eigenvalue weighted by atomic mass is 10.0. The number of nitrogens with zero attached hydrogens (tertiary/aromatic N) is 1. The molecule has 0 bridgehead atoms. The summed E-state index contributed by atoms with van der Waals surface area (Å²) in [6.45, 7) is 1.07. The van der Waals surface area contributed by atoms with E-state index < -0.39 is 12.1 Å². The van der Waals surface area contributed by atoms with Gasteiger partial charge in [-0.25, -0.2) is 0 Å². The van der Waals surface area contributed by atoms with Crippen LogP contribution in [0.15, 0.2) is 42.5 Å². The number of benzene rings is 2. The number of aliphatic hydroxyl groups excluding tert-OH is 2. The first-order valence-electron chi connectivity index (χ1n) is 9.11.